The Hall–Kier alpha value is -2.89. The standard InChI is InChI=1S/C18H20FN3O2/c1-11(13-6-8-15(19)9-7-13)22-18(24)12(2)21-16-5-3-4-14(10-16)17(20)23/h3-12,21H,1-2H3,(H2,20,23)(H,22,24). The maximum atomic E-state index is 12.9. The summed E-state index contributed by atoms with van der Waals surface area (Å²) < 4.78 is 12.9. The SMILES string of the molecule is CC(Nc1cccc(C(N)=O)c1)C(=O)NC(C)c1ccc(F)cc1. The second-order valence-corrected chi connectivity index (χ2v) is 5.59. The predicted molar refractivity (Wildman–Crippen MR) is 91.0 cm³/mol. The van der Waals surface area contributed by atoms with Crippen molar-refractivity contribution in [3.63, 3.8) is 0 Å². The van der Waals surface area contributed by atoms with Crippen molar-refractivity contribution in [1.29, 1.82) is 0 Å². The van der Waals surface area contributed by atoms with Gasteiger partial charge in [0.05, 0.1) is 6.04 Å². The summed E-state index contributed by atoms with van der Waals surface area (Å²) >= 11 is 0. The number of rotatable bonds is 6. The van der Waals surface area contributed by atoms with Crippen LogP contribution in [0.25, 0.3) is 0 Å². The van der Waals surface area contributed by atoms with Crippen LogP contribution >= 0.6 is 0 Å². The average Bonchev–Trinajstić information content (AvgIpc) is 2.55. The first kappa shape index (κ1) is 17.5. The Kier molecular flexibility index (Phi) is 5.52. The topological polar surface area (TPSA) is 84.2 Å². The van der Waals surface area contributed by atoms with E-state index in [1.807, 2.05) is 6.92 Å². The lowest BCUT2D eigenvalue weighted by Crippen LogP contribution is -2.38. The summed E-state index contributed by atoms with van der Waals surface area (Å²) in [7, 11) is 0. The molecule has 2 atom stereocenters. The molecule has 0 saturated heterocycles. The van der Waals surface area contributed by atoms with Crippen LogP contribution < -0.4 is 16.4 Å². The molecule has 0 spiro atoms. The van der Waals surface area contributed by atoms with Crippen LogP contribution in [0.3, 0.4) is 0 Å². The monoisotopic (exact) mass is 329 g/mol. The minimum absolute atomic E-state index is 0.212. The molecule has 2 unspecified atom stereocenters. The molecule has 24 heavy (non-hydrogen) atoms. The van der Waals surface area contributed by atoms with Gasteiger partial charge in [-0.25, -0.2) is 4.39 Å². The molecule has 0 bridgehead atoms. The van der Waals surface area contributed by atoms with Crippen LogP contribution in [0.5, 0.6) is 0 Å². The van der Waals surface area contributed by atoms with Gasteiger partial charge in [0, 0.05) is 11.3 Å². The maximum absolute atomic E-state index is 12.9. The van der Waals surface area contributed by atoms with Crippen molar-refractivity contribution in [2.24, 2.45) is 5.73 Å². The van der Waals surface area contributed by atoms with Crippen LogP contribution in [-0.4, -0.2) is 17.9 Å². The highest BCUT2D eigenvalue weighted by atomic mass is 19.1. The molecule has 0 heterocycles. The number of primary amides is 1. The minimum Gasteiger partial charge on any atom is -0.374 e. The van der Waals surface area contributed by atoms with Crippen molar-refractivity contribution in [2.75, 3.05) is 5.32 Å². The average molecular weight is 329 g/mol. The number of benzene rings is 2. The maximum Gasteiger partial charge on any atom is 0.248 e. The summed E-state index contributed by atoms with van der Waals surface area (Å²) in [6.45, 7) is 3.54. The number of hydrogen-bond acceptors (Lipinski definition) is 3. The van der Waals surface area contributed by atoms with E-state index in [9.17, 15) is 14.0 Å². The Morgan fingerprint density at radius 1 is 1.08 bits per heavy atom. The van der Waals surface area contributed by atoms with E-state index >= 15 is 0 Å². The third kappa shape index (κ3) is 4.55. The fourth-order valence-corrected chi connectivity index (χ4v) is 2.25. The molecule has 4 N–H and O–H groups in total. The highest BCUT2D eigenvalue weighted by molar-refractivity contribution is 5.94. The van der Waals surface area contributed by atoms with Crippen LogP contribution in [0.1, 0.15) is 35.8 Å². The molecule has 0 aromatic heterocycles. The molecule has 2 rings (SSSR count). The van der Waals surface area contributed by atoms with Gasteiger partial charge in [-0.05, 0) is 49.7 Å². The van der Waals surface area contributed by atoms with Gasteiger partial charge in [0.2, 0.25) is 11.8 Å². The van der Waals surface area contributed by atoms with Gasteiger partial charge in [-0.3, -0.25) is 9.59 Å². The Morgan fingerprint density at radius 3 is 2.38 bits per heavy atom. The third-order valence-corrected chi connectivity index (χ3v) is 3.65. The van der Waals surface area contributed by atoms with E-state index in [2.05, 4.69) is 10.6 Å². The Bertz CT molecular complexity index is 731. The molecule has 0 aliphatic rings. The van der Waals surface area contributed by atoms with Crippen LogP contribution in [0.2, 0.25) is 0 Å². The molecule has 0 aliphatic heterocycles. The van der Waals surface area contributed by atoms with E-state index in [-0.39, 0.29) is 17.8 Å². The first-order valence-electron chi connectivity index (χ1n) is 7.59. The molecular formula is C18H20FN3O2. The van der Waals surface area contributed by atoms with Crippen molar-refractivity contribution in [3.8, 4) is 0 Å². The fourth-order valence-electron chi connectivity index (χ4n) is 2.25. The Morgan fingerprint density at radius 2 is 1.75 bits per heavy atom. The van der Waals surface area contributed by atoms with Crippen LogP contribution in [-0.2, 0) is 4.79 Å². The zero-order valence-electron chi connectivity index (χ0n) is 13.5. The second kappa shape index (κ2) is 7.59. The van der Waals surface area contributed by atoms with Crippen LogP contribution in [0.4, 0.5) is 10.1 Å². The Labute approximate surface area is 140 Å². The molecule has 6 heteroatoms. The number of carbonyl (C=O) groups is 2. The van der Waals surface area contributed by atoms with Crippen molar-refractivity contribution in [1.82, 2.24) is 5.32 Å². The predicted octanol–water partition coefficient (Wildman–Crippen LogP) is 2.60. The number of amides is 2. The molecule has 0 radical (unpaired) electrons. The molecule has 0 fully saturated rings. The zero-order valence-corrected chi connectivity index (χ0v) is 13.5. The number of nitrogens with two attached hydrogens (primary N) is 1. The normalized spacial score (nSPS) is 13.0. The van der Waals surface area contributed by atoms with E-state index in [1.54, 1.807) is 43.3 Å². The summed E-state index contributed by atoms with van der Waals surface area (Å²) in [6, 6.07) is 11.8. The number of anilines is 1. The van der Waals surface area contributed by atoms with Gasteiger partial charge in [-0.2, -0.15) is 0 Å². The number of hydrogen-bond donors (Lipinski definition) is 3. The smallest absolute Gasteiger partial charge is 0.248 e. The van der Waals surface area contributed by atoms with E-state index < -0.39 is 11.9 Å². The van der Waals surface area contributed by atoms with Crippen LogP contribution in [0.15, 0.2) is 48.5 Å². The third-order valence-electron chi connectivity index (χ3n) is 3.65. The number of halogens is 1. The minimum atomic E-state index is -0.527. The summed E-state index contributed by atoms with van der Waals surface area (Å²) in [5, 5.41) is 5.88. The highest BCUT2D eigenvalue weighted by Gasteiger charge is 2.16. The molecule has 0 saturated carbocycles. The molecule has 2 aromatic rings. The quantitative estimate of drug-likeness (QED) is 0.761. The lowest BCUT2D eigenvalue weighted by Gasteiger charge is -2.19. The molecular weight excluding hydrogens is 309 g/mol. The first-order chi connectivity index (χ1) is 11.4. The van der Waals surface area contributed by atoms with Crippen molar-refractivity contribution in [3.05, 3.63) is 65.5 Å². The van der Waals surface area contributed by atoms with Crippen molar-refractivity contribution in [2.45, 2.75) is 25.9 Å². The van der Waals surface area contributed by atoms with E-state index in [0.717, 1.165) is 5.56 Å². The largest absolute Gasteiger partial charge is 0.374 e. The molecule has 2 amide bonds. The summed E-state index contributed by atoms with van der Waals surface area (Å²) in [5.41, 5.74) is 7.05. The summed E-state index contributed by atoms with van der Waals surface area (Å²) in [6.07, 6.45) is 0. The van der Waals surface area contributed by atoms with Gasteiger partial charge < -0.3 is 16.4 Å². The van der Waals surface area contributed by atoms with Gasteiger partial charge in [0.15, 0.2) is 0 Å². The highest BCUT2D eigenvalue weighted by Crippen LogP contribution is 2.15. The van der Waals surface area contributed by atoms with Gasteiger partial charge in [0.25, 0.3) is 0 Å². The molecule has 2 aromatic carbocycles. The molecule has 5 nitrogen and oxygen atoms in total. The van der Waals surface area contributed by atoms with E-state index in [4.69, 9.17) is 5.73 Å². The second-order valence-electron chi connectivity index (χ2n) is 5.59. The zero-order chi connectivity index (χ0) is 17.7. The lowest BCUT2D eigenvalue weighted by atomic mass is 10.1. The van der Waals surface area contributed by atoms with E-state index in [1.165, 1.54) is 12.1 Å². The van der Waals surface area contributed by atoms with Gasteiger partial charge in [-0.15, -0.1) is 0 Å². The summed E-state index contributed by atoms with van der Waals surface area (Å²) in [4.78, 5) is 23.5. The van der Waals surface area contributed by atoms with Crippen molar-refractivity contribution >= 4 is 17.5 Å². The fraction of sp³-hybridized carbons (Fsp3) is 0.222. The van der Waals surface area contributed by atoms with Crippen molar-refractivity contribution < 1.29 is 14.0 Å². The van der Waals surface area contributed by atoms with Crippen LogP contribution in [0, 0.1) is 5.82 Å². The van der Waals surface area contributed by atoms with E-state index in [0.29, 0.717) is 11.3 Å². The first-order valence-corrected chi connectivity index (χ1v) is 7.59. The van der Waals surface area contributed by atoms with Gasteiger partial charge in [-0.1, -0.05) is 18.2 Å². The Balaban J connectivity index is 1.98. The molecule has 126 valence electrons. The molecule has 0 aliphatic carbocycles. The van der Waals surface area contributed by atoms with Gasteiger partial charge >= 0.3 is 0 Å². The summed E-state index contributed by atoms with van der Waals surface area (Å²) in [5.74, 6) is -1.06. The number of nitrogens with one attached hydrogen (secondary N) is 2. The lowest BCUT2D eigenvalue weighted by molar-refractivity contribution is -0.122. The van der Waals surface area contributed by atoms with Gasteiger partial charge in [0.1, 0.15) is 11.9 Å². The number of carbonyl (C=O) groups excluding carboxylic acids is 2.